The molecule has 3 heterocycles. The lowest BCUT2D eigenvalue weighted by atomic mass is 9.85. The van der Waals surface area contributed by atoms with Gasteiger partial charge in [-0.05, 0) is 60.7 Å². The zero-order chi connectivity index (χ0) is 26.1. The van der Waals surface area contributed by atoms with Crippen LogP contribution in [0.4, 0.5) is 0 Å². The number of carbonyl (C=O) groups is 2. The first kappa shape index (κ1) is 25.0. The molecular formula is C30H31BrN4O3. The second-order valence-electron chi connectivity index (χ2n) is 10.4. The van der Waals surface area contributed by atoms with E-state index in [0.29, 0.717) is 19.6 Å². The Balaban J connectivity index is 1.36. The molecule has 7 nitrogen and oxygen atoms in total. The molecule has 38 heavy (non-hydrogen) atoms. The number of nitrogens with zero attached hydrogens (tertiary/aromatic N) is 4. The third-order valence-electron chi connectivity index (χ3n) is 8.10. The van der Waals surface area contributed by atoms with Crippen molar-refractivity contribution in [3.05, 3.63) is 87.1 Å². The van der Waals surface area contributed by atoms with Crippen molar-refractivity contribution in [2.45, 2.75) is 57.7 Å². The van der Waals surface area contributed by atoms with Crippen molar-refractivity contribution in [3.8, 4) is 5.75 Å². The Kier molecular flexibility index (Phi) is 7.15. The van der Waals surface area contributed by atoms with E-state index >= 15 is 0 Å². The highest BCUT2D eigenvalue weighted by atomic mass is 79.9. The lowest BCUT2D eigenvalue weighted by molar-refractivity contribution is -0.140. The number of amides is 2. The molecule has 6 rings (SSSR count). The number of carbonyl (C=O) groups excluding carboxylic acids is 2. The van der Waals surface area contributed by atoms with Crippen LogP contribution >= 0.6 is 15.9 Å². The third kappa shape index (κ3) is 4.82. The first-order valence-electron chi connectivity index (χ1n) is 13.5. The molecule has 0 N–H and O–H groups in total. The Morgan fingerprint density at radius 2 is 1.89 bits per heavy atom. The molecule has 0 saturated heterocycles. The van der Waals surface area contributed by atoms with Crippen LogP contribution in [0.2, 0.25) is 0 Å². The maximum absolute atomic E-state index is 14.0. The third-order valence-corrected chi connectivity index (χ3v) is 8.85. The Labute approximate surface area is 231 Å². The quantitative estimate of drug-likeness (QED) is 0.389. The summed E-state index contributed by atoms with van der Waals surface area (Å²) < 4.78 is 7.34. The summed E-state index contributed by atoms with van der Waals surface area (Å²) in [6, 6.07) is 15.2. The normalized spacial score (nSPS) is 19.3. The number of fused-ring (bicyclic) bond motifs is 2. The molecular weight excluding hydrogens is 544 g/mol. The summed E-state index contributed by atoms with van der Waals surface area (Å²) in [4.78, 5) is 31.3. The Bertz CT molecular complexity index is 1340. The molecule has 0 spiro atoms. The van der Waals surface area contributed by atoms with E-state index in [1.54, 1.807) is 6.20 Å². The van der Waals surface area contributed by atoms with Crippen molar-refractivity contribution < 1.29 is 14.3 Å². The zero-order valence-corrected chi connectivity index (χ0v) is 22.9. The smallest absolute Gasteiger partial charge is 0.254 e. The number of halogens is 1. The van der Waals surface area contributed by atoms with Gasteiger partial charge in [-0.15, -0.1) is 0 Å². The maximum atomic E-state index is 14.0. The van der Waals surface area contributed by atoms with Gasteiger partial charge in [0.05, 0.1) is 6.04 Å². The van der Waals surface area contributed by atoms with Gasteiger partial charge in [-0.25, -0.2) is 0 Å². The summed E-state index contributed by atoms with van der Waals surface area (Å²) in [6.45, 7) is 1.89. The fourth-order valence-corrected chi connectivity index (χ4v) is 6.72. The molecule has 0 unspecified atom stereocenters. The van der Waals surface area contributed by atoms with Crippen LogP contribution in [-0.4, -0.2) is 44.9 Å². The number of hydrogen-bond acceptors (Lipinski definition) is 5. The van der Waals surface area contributed by atoms with Crippen LogP contribution in [0.15, 0.2) is 59.2 Å². The molecule has 1 saturated carbocycles. The molecule has 196 valence electrons. The second-order valence-corrected chi connectivity index (χ2v) is 11.3. The molecule has 2 aliphatic heterocycles. The van der Waals surface area contributed by atoms with Crippen LogP contribution in [0, 0.1) is 5.92 Å². The van der Waals surface area contributed by atoms with Gasteiger partial charge >= 0.3 is 0 Å². The fraction of sp³-hybridized carbons (Fsp3) is 0.400. The van der Waals surface area contributed by atoms with Crippen LogP contribution in [0.1, 0.15) is 70.9 Å². The van der Waals surface area contributed by atoms with E-state index in [1.165, 1.54) is 6.42 Å². The van der Waals surface area contributed by atoms with Gasteiger partial charge in [-0.2, -0.15) is 10.2 Å². The van der Waals surface area contributed by atoms with E-state index < -0.39 is 0 Å². The minimum atomic E-state index is -0.291. The molecule has 0 bridgehead atoms. The summed E-state index contributed by atoms with van der Waals surface area (Å²) in [7, 11) is 0. The Hall–Kier alpha value is -3.26. The highest BCUT2D eigenvalue weighted by molar-refractivity contribution is 9.10. The Morgan fingerprint density at radius 3 is 2.68 bits per heavy atom. The van der Waals surface area contributed by atoms with Gasteiger partial charge in [0.15, 0.2) is 0 Å². The van der Waals surface area contributed by atoms with Crippen molar-refractivity contribution in [2.24, 2.45) is 5.92 Å². The van der Waals surface area contributed by atoms with Gasteiger partial charge in [0.2, 0.25) is 5.91 Å². The summed E-state index contributed by atoms with van der Waals surface area (Å²) in [5.74, 6) is 1.01. The molecule has 0 radical (unpaired) electrons. The summed E-state index contributed by atoms with van der Waals surface area (Å²) >= 11 is 3.76. The second kappa shape index (κ2) is 10.8. The van der Waals surface area contributed by atoms with Crippen LogP contribution in [0.5, 0.6) is 5.75 Å². The van der Waals surface area contributed by atoms with Crippen molar-refractivity contribution in [3.63, 3.8) is 0 Å². The number of benzene rings is 2. The van der Waals surface area contributed by atoms with Gasteiger partial charge in [0.1, 0.15) is 18.1 Å². The van der Waals surface area contributed by atoms with Gasteiger partial charge in [0, 0.05) is 47.3 Å². The van der Waals surface area contributed by atoms with Crippen LogP contribution in [0.25, 0.3) is 0 Å². The van der Waals surface area contributed by atoms with Crippen molar-refractivity contribution >= 4 is 27.7 Å². The van der Waals surface area contributed by atoms with E-state index in [4.69, 9.17) is 4.74 Å². The van der Waals surface area contributed by atoms with E-state index in [2.05, 4.69) is 26.1 Å². The summed E-state index contributed by atoms with van der Waals surface area (Å²) in [5.41, 5.74) is 4.65. The van der Waals surface area contributed by atoms with E-state index in [-0.39, 0.29) is 30.4 Å². The molecule has 1 atom stereocenters. The first-order valence-corrected chi connectivity index (χ1v) is 14.3. The van der Waals surface area contributed by atoms with Crippen molar-refractivity contribution in [1.82, 2.24) is 20.0 Å². The van der Waals surface area contributed by atoms with Gasteiger partial charge < -0.3 is 14.5 Å². The molecule has 3 aliphatic rings. The number of hydrogen-bond donors (Lipinski definition) is 0. The topological polar surface area (TPSA) is 75.6 Å². The summed E-state index contributed by atoms with van der Waals surface area (Å²) in [5, 5.41) is 8.12. The standard InChI is InChI=1S/C30H31BrN4O3/c31-25-12-13-27(38-19-22-10-6-15-32-33-22)28-24(25)14-16-35(29(36)20-7-2-1-3-8-20)26(28)18-34-17-21-9-4-5-11-23(21)30(34)37/h4-6,9-13,15,20,26H,1-3,7-8,14,16-19H2/t26-/m1/s1. The highest BCUT2D eigenvalue weighted by Crippen LogP contribution is 2.43. The highest BCUT2D eigenvalue weighted by Gasteiger charge is 2.40. The lowest BCUT2D eigenvalue weighted by Crippen LogP contribution is -2.48. The molecule has 8 heteroatoms. The van der Waals surface area contributed by atoms with Crippen LogP contribution in [0.3, 0.4) is 0 Å². The zero-order valence-electron chi connectivity index (χ0n) is 21.3. The van der Waals surface area contributed by atoms with Crippen LogP contribution in [-0.2, 0) is 24.4 Å². The molecule has 1 aromatic heterocycles. The maximum Gasteiger partial charge on any atom is 0.254 e. The number of aromatic nitrogens is 2. The molecule has 1 aliphatic carbocycles. The number of rotatable bonds is 6. The largest absolute Gasteiger partial charge is 0.487 e. The predicted octanol–water partition coefficient (Wildman–Crippen LogP) is 5.48. The predicted molar refractivity (Wildman–Crippen MR) is 146 cm³/mol. The summed E-state index contributed by atoms with van der Waals surface area (Å²) in [6.07, 6.45) is 7.66. The monoisotopic (exact) mass is 574 g/mol. The van der Waals surface area contributed by atoms with Gasteiger partial charge in [0.25, 0.3) is 5.91 Å². The lowest BCUT2D eigenvalue weighted by Gasteiger charge is -2.42. The minimum Gasteiger partial charge on any atom is -0.487 e. The van der Waals surface area contributed by atoms with Gasteiger partial charge in [-0.1, -0.05) is 53.4 Å². The fourth-order valence-electron chi connectivity index (χ4n) is 6.18. The minimum absolute atomic E-state index is 0.0230. The SMILES string of the molecule is O=C1c2ccccc2CN1C[C@@H]1c2c(OCc3cccnn3)ccc(Br)c2CCN1C(=O)C1CCCCC1. The first-order chi connectivity index (χ1) is 18.6. The van der Waals surface area contributed by atoms with Crippen LogP contribution < -0.4 is 4.74 Å². The van der Waals surface area contributed by atoms with Crippen molar-refractivity contribution in [2.75, 3.05) is 13.1 Å². The van der Waals surface area contributed by atoms with Gasteiger partial charge in [-0.3, -0.25) is 9.59 Å². The molecule has 1 fully saturated rings. The van der Waals surface area contributed by atoms with Crippen molar-refractivity contribution in [1.29, 1.82) is 0 Å². The van der Waals surface area contributed by atoms with E-state index in [0.717, 1.165) is 70.3 Å². The molecule has 2 amide bonds. The number of ether oxygens (including phenoxy) is 1. The van der Waals surface area contributed by atoms with E-state index in [9.17, 15) is 9.59 Å². The molecule has 2 aromatic carbocycles. The average Bonchev–Trinajstić information content (AvgIpc) is 3.28. The molecule has 3 aromatic rings. The average molecular weight is 576 g/mol. The Morgan fingerprint density at radius 1 is 1.05 bits per heavy atom. The van der Waals surface area contributed by atoms with E-state index in [1.807, 2.05) is 58.3 Å².